The Morgan fingerprint density at radius 2 is 1.57 bits per heavy atom. The van der Waals surface area contributed by atoms with Gasteiger partial charge in [0.05, 0.1) is 0 Å². The first kappa shape index (κ1) is 18.0. The maximum Gasteiger partial charge on any atom is 0.295 e. The Morgan fingerprint density at radius 1 is 0.870 bits per heavy atom. The van der Waals surface area contributed by atoms with Gasteiger partial charge in [-0.05, 0) is 48.3 Å². The third-order valence-electron chi connectivity index (χ3n) is 4.31. The van der Waals surface area contributed by atoms with Crippen molar-refractivity contribution < 1.29 is 13.0 Å². The third kappa shape index (κ3) is 4.33. The van der Waals surface area contributed by atoms with Crippen molar-refractivity contribution in [3.05, 3.63) is 41.5 Å². The van der Waals surface area contributed by atoms with Crippen LogP contribution in [0.1, 0.15) is 57.1 Å². The lowest BCUT2D eigenvalue weighted by molar-refractivity contribution is 0.484. The highest BCUT2D eigenvalue weighted by Gasteiger charge is 2.18. The van der Waals surface area contributed by atoms with Crippen molar-refractivity contribution in [2.75, 3.05) is 0 Å². The summed E-state index contributed by atoms with van der Waals surface area (Å²) in [7, 11) is -4.22. The molecule has 0 aliphatic rings. The molecular formula is C19H26O3S. The second-order valence-corrected chi connectivity index (χ2v) is 7.49. The SMILES string of the molecule is CCCCCc1cccc2c(CCCC)ccc(S(=O)(=O)O)c12. The smallest absolute Gasteiger partial charge is 0.282 e. The van der Waals surface area contributed by atoms with Gasteiger partial charge in [-0.3, -0.25) is 4.55 Å². The van der Waals surface area contributed by atoms with Crippen LogP contribution in [0.4, 0.5) is 0 Å². The van der Waals surface area contributed by atoms with Gasteiger partial charge in [0.1, 0.15) is 4.90 Å². The van der Waals surface area contributed by atoms with Crippen molar-refractivity contribution in [3.63, 3.8) is 0 Å². The monoisotopic (exact) mass is 334 g/mol. The Balaban J connectivity index is 2.62. The van der Waals surface area contributed by atoms with E-state index in [9.17, 15) is 13.0 Å². The first-order valence-corrected chi connectivity index (χ1v) is 9.94. The highest BCUT2D eigenvalue weighted by atomic mass is 32.2. The molecule has 0 atom stereocenters. The van der Waals surface area contributed by atoms with E-state index >= 15 is 0 Å². The quantitative estimate of drug-likeness (QED) is 0.536. The summed E-state index contributed by atoms with van der Waals surface area (Å²) in [5.41, 5.74) is 2.17. The summed E-state index contributed by atoms with van der Waals surface area (Å²) in [5.74, 6) is 0. The van der Waals surface area contributed by atoms with Crippen molar-refractivity contribution in [2.24, 2.45) is 0 Å². The summed E-state index contributed by atoms with van der Waals surface area (Å²) in [6.45, 7) is 4.29. The molecule has 0 bridgehead atoms. The minimum atomic E-state index is -4.22. The summed E-state index contributed by atoms with van der Waals surface area (Å²) in [4.78, 5) is 0.0415. The number of unbranched alkanes of at least 4 members (excludes halogenated alkanes) is 3. The van der Waals surface area contributed by atoms with Crippen LogP contribution < -0.4 is 0 Å². The maximum absolute atomic E-state index is 11.8. The average Bonchev–Trinajstić information content (AvgIpc) is 2.52. The molecule has 0 saturated heterocycles. The Bertz CT molecular complexity index is 764. The highest BCUT2D eigenvalue weighted by molar-refractivity contribution is 7.86. The molecule has 0 radical (unpaired) electrons. The number of aryl methyl sites for hydroxylation is 2. The molecule has 126 valence electrons. The van der Waals surface area contributed by atoms with Gasteiger partial charge < -0.3 is 0 Å². The molecular weight excluding hydrogens is 308 g/mol. The van der Waals surface area contributed by atoms with Crippen LogP contribution in [0.3, 0.4) is 0 Å². The molecule has 3 nitrogen and oxygen atoms in total. The van der Waals surface area contributed by atoms with Gasteiger partial charge in [-0.2, -0.15) is 8.42 Å². The molecule has 0 saturated carbocycles. The predicted octanol–water partition coefficient (Wildman–Crippen LogP) is 5.16. The Morgan fingerprint density at radius 3 is 2.22 bits per heavy atom. The number of hydrogen-bond donors (Lipinski definition) is 1. The summed E-state index contributed by atoms with van der Waals surface area (Å²) in [6, 6.07) is 9.35. The molecule has 2 aromatic rings. The van der Waals surface area contributed by atoms with E-state index in [0.717, 1.165) is 61.5 Å². The lowest BCUT2D eigenvalue weighted by atomic mass is 9.94. The number of hydrogen-bond acceptors (Lipinski definition) is 2. The van der Waals surface area contributed by atoms with E-state index in [-0.39, 0.29) is 4.90 Å². The van der Waals surface area contributed by atoms with Crippen LogP contribution in [0.5, 0.6) is 0 Å². The molecule has 2 rings (SSSR count). The fraction of sp³-hybridized carbons (Fsp3) is 0.474. The molecule has 0 heterocycles. The molecule has 0 spiro atoms. The normalized spacial score (nSPS) is 12.0. The van der Waals surface area contributed by atoms with E-state index < -0.39 is 10.1 Å². The van der Waals surface area contributed by atoms with Crippen molar-refractivity contribution in [3.8, 4) is 0 Å². The molecule has 0 aliphatic heterocycles. The average molecular weight is 334 g/mol. The van der Waals surface area contributed by atoms with Crippen LogP contribution in [-0.4, -0.2) is 13.0 Å². The Kier molecular flexibility index (Phi) is 6.19. The summed E-state index contributed by atoms with van der Waals surface area (Å²) < 4.78 is 33.2. The maximum atomic E-state index is 11.8. The van der Waals surface area contributed by atoms with E-state index in [1.807, 2.05) is 24.3 Å². The molecule has 0 fully saturated rings. The molecule has 23 heavy (non-hydrogen) atoms. The van der Waals surface area contributed by atoms with Crippen LogP contribution in [-0.2, 0) is 23.0 Å². The lowest BCUT2D eigenvalue weighted by Gasteiger charge is -2.14. The fourth-order valence-corrected chi connectivity index (χ4v) is 3.82. The van der Waals surface area contributed by atoms with E-state index in [1.165, 1.54) is 0 Å². The second kappa shape index (κ2) is 7.93. The Hall–Kier alpha value is -1.39. The summed E-state index contributed by atoms with van der Waals surface area (Å²) in [6.07, 6.45) is 7.20. The molecule has 0 amide bonds. The molecule has 4 heteroatoms. The first-order chi connectivity index (χ1) is 11.0. The van der Waals surface area contributed by atoms with Crippen molar-refractivity contribution in [1.82, 2.24) is 0 Å². The molecule has 0 aromatic heterocycles. The molecule has 2 aromatic carbocycles. The minimum Gasteiger partial charge on any atom is -0.282 e. The van der Waals surface area contributed by atoms with E-state index in [0.29, 0.717) is 5.39 Å². The van der Waals surface area contributed by atoms with Crippen molar-refractivity contribution in [1.29, 1.82) is 0 Å². The van der Waals surface area contributed by atoms with Gasteiger partial charge in [0.25, 0.3) is 10.1 Å². The van der Waals surface area contributed by atoms with Gasteiger partial charge in [0.2, 0.25) is 0 Å². The molecule has 0 unspecified atom stereocenters. The van der Waals surface area contributed by atoms with E-state index in [1.54, 1.807) is 6.07 Å². The summed E-state index contributed by atoms with van der Waals surface area (Å²) >= 11 is 0. The van der Waals surface area contributed by atoms with Gasteiger partial charge in [0.15, 0.2) is 0 Å². The van der Waals surface area contributed by atoms with Gasteiger partial charge >= 0.3 is 0 Å². The van der Waals surface area contributed by atoms with Crippen molar-refractivity contribution in [2.45, 2.75) is 63.7 Å². The van der Waals surface area contributed by atoms with Crippen LogP contribution in [0.15, 0.2) is 35.2 Å². The second-order valence-electron chi connectivity index (χ2n) is 6.10. The standard InChI is InChI=1S/C19H26O3S/c1-3-5-7-10-16-11-8-12-17-15(9-6-4-2)13-14-18(19(16)17)23(20,21)22/h8,11-14H,3-7,9-10H2,1-2H3,(H,20,21,22). The topological polar surface area (TPSA) is 54.4 Å². The van der Waals surface area contributed by atoms with Gasteiger partial charge in [0, 0.05) is 5.39 Å². The zero-order chi connectivity index (χ0) is 16.9. The van der Waals surface area contributed by atoms with Gasteiger partial charge in [-0.1, -0.05) is 57.4 Å². The highest BCUT2D eigenvalue weighted by Crippen LogP contribution is 2.31. The largest absolute Gasteiger partial charge is 0.295 e. The fourth-order valence-electron chi connectivity index (χ4n) is 3.08. The predicted molar refractivity (Wildman–Crippen MR) is 95.6 cm³/mol. The molecule has 0 aliphatic carbocycles. The zero-order valence-corrected chi connectivity index (χ0v) is 14.8. The number of rotatable bonds is 8. The van der Waals surface area contributed by atoms with Crippen LogP contribution >= 0.6 is 0 Å². The lowest BCUT2D eigenvalue weighted by Crippen LogP contribution is -2.03. The number of benzene rings is 2. The number of fused-ring (bicyclic) bond motifs is 1. The third-order valence-corrected chi connectivity index (χ3v) is 5.20. The zero-order valence-electron chi connectivity index (χ0n) is 14.0. The van der Waals surface area contributed by atoms with Gasteiger partial charge in [-0.25, -0.2) is 0 Å². The van der Waals surface area contributed by atoms with Crippen LogP contribution in [0, 0.1) is 0 Å². The van der Waals surface area contributed by atoms with Crippen molar-refractivity contribution >= 4 is 20.9 Å². The van der Waals surface area contributed by atoms with Crippen LogP contribution in [0.25, 0.3) is 10.8 Å². The van der Waals surface area contributed by atoms with E-state index in [2.05, 4.69) is 13.8 Å². The minimum absolute atomic E-state index is 0.0415. The van der Waals surface area contributed by atoms with Crippen LogP contribution in [0.2, 0.25) is 0 Å². The first-order valence-electron chi connectivity index (χ1n) is 8.50. The van der Waals surface area contributed by atoms with E-state index in [4.69, 9.17) is 0 Å². The molecule has 1 N–H and O–H groups in total. The Labute approximate surface area is 139 Å². The summed E-state index contributed by atoms with van der Waals surface area (Å²) in [5, 5.41) is 1.67. The van der Waals surface area contributed by atoms with Gasteiger partial charge in [-0.15, -0.1) is 0 Å².